The lowest BCUT2D eigenvalue weighted by atomic mass is 10.1. The third-order valence-electron chi connectivity index (χ3n) is 3.94. The van der Waals surface area contributed by atoms with E-state index in [0.29, 0.717) is 6.04 Å². The molecule has 112 valence electrons. The normalized spacial score (nSPS) is 22.4. The highest BCUT2D eigenvalue weighted by atomic mass is 79.9. The van der Waals surface area contributed by atoms with Gasteiger partial charge in [-0.1, -0.05) is 22.0 Å². The van der Waals surface area contributed by atoms with E-state index in [1.54, 1.807) is 0 Å². The Morgan fingerprint density at radius 3 is 2.86 bits per heavy atom. The number of hydrogen-bond acceptors (Lipinski definition) is 4. The van der Waals surface area contributed by atoms with Crippen molar-refractivity contribution in [1.29, 1.82) is 0 Å². The highest BCUT2D eigenvalue weighted by molar-refractivity contribution is 9.10. The molecule has 1 atom stereocenters. The van der Waals surface area contributed by atoms with Crippen LogP contribution in [0, 0.1) is 0 Å². The molecule has 3 rings (SSSR count). The third-order valence-corrected chi connectivity index (χ3v) is 4.43. The minimum Gasteiger partial charge on any atom is -0.350 e. The van der Waals surface area contributed by atoms with Crippen molar-refractivity contribution in [1.82, 2.24) is 10.6 Å². The van der Waals surface area contributed by atoms with Crippen molar-refractivity contribution in [2.75, 3.05) is 11.4 Å². The van der Waals surface area contributed by atoms with Gasteiger partial charge in [0.15, 0.2) is 0 Å². The van der Waals surface area contributed by atoms with Gasteiger partial charge < -0.3 is 10.2 Å². The molecule has 2 fully saturated rings. The quantitative estimate of drug-likeness (QED) is 0.808. The Bertz CT molecular complexity index is 586. The molecule has 1 aliphatic heterocycles. The minimum absolute atomic E-state index is 0.208. The fourth-order valence-corrected chi connectivity index (χ4v) is 2.85. The zero-order chi connectivity index (χ0) is 15.0. The molecule has 0 spiro atoms. The smallest absolute Gasteiger partial charge is 0.249 e. The lowest BCUT2D eigenvalue weighted by molar-refractivity contribution is -0.132. The Kier molecular flexibility index (Phi) is 3.99. The Morgan fingerprint density at radius 2 is 2.14 bits per heavy atom. The van der Waals surface area contributed by atoms with Gasteiger partial charge in [-0.2, -0.15) is 0 Å². The molecule has 5 nitrogen and oxygen atoms in total. The molecule has 2 N–H and O–H groups in total. The molecule has 1 heterocycles. The number of rotatable bonds is 4. The molecule has 1 aromatic rings. The average Bonchev–Trinajstić information content (AvgIpc) is 3.25. The van der Waals surface area contributed by atoms with Gasteiger partial charge in [0.1, 0.15) is 6.04 Å². The zero-order valence-corrected chi connectivity index (χ0v) is 13.4. The van der Waals surface area contributed by atoms with Crippen LogP contribution in [0.15, 0.2) is 22.7 Å². The number of carbonyl (C=O) groups excluding carboxylic acids is 2. The van der Waals surface area contributed by atoms with Crippen LogP contribution in [0.25, 0.3) is 0 Å². The van der Waals surface area contributed by atoms with Crippen molar-refractivity contribution < 1.29 is 9.59 Å². The van der Waals surface area contributed by atoms with Crippen LogP contribution in [0.5, 0.6) is 0 Å². The van der Waals surface area contributed by atoms with E-state index in [9.17, 15) is 9.59 Å². The van der Waals surface area contributed by atoms with E-state index in [1.165, 1.54) is 12.8 Å². The van der Waals surface area contributed by atoms with Gasteiger partial charge in [-0.05, 0) is 37.5 Å². The molecule has 1 aliphatic carbocycles. The van der Waals surface area contributed by atoms with Crippen molar-refractivity contribution in [3.05, 3.63) is 28.2 Å². The van der Waals surface area contributed by atoms with E-state index in [2.05, 4.69) is 26.6 Å². The summed E-state index contributed by atoms with van der Waals surface area (Å²) in [5.74, 6) is -0.494. The number of carbonyl (C=O) groups is 2. The summed E-state index contributed by atoms with van der Waals surface area (Å²) in [7, 11) is 0. The maximum atomic E-state index is 11.9. The molecular formula is C15H18BrN3O2. The second kappa shape index (κ2) is 5.77. The van der Waals surface area contributed by atoms with Crippen LogP contribution in [0.2, 0.25) is 0 Å². The number of benzene rings is 1. The fourth-order valence-electron chi connectivity index (χ4n) is 2.50. The van der Waals surface area contributed by atoms with E-state index >= 15 is 0 Å². The monoisotopic (exact) mass is 351 g/mol. The molecule has 1 saturated carbocycles. The summed E-state index contributed by atoms with van der Waals surface area (Å²) in [4.78, 5) is 25.4. The predicted molar refractivity (Wildman–Crippen MR) is 84.0 cm³/mol. The fraction of sp³-hybridized carbons (Fsp3) is 0.467. The largest absolute Gasteiger partial charge is 0.350 e. The van der Waals surface area contributed by atoms with Crippen molar-refractivity contribution >= 4 is 33.4 Å². The van der Waals surface area contributed by atoms with Crippen LogP contribution in [0.1, 0.15) is 25.3 Å². The lowest BCUT2D eigenvalue weighted by Crippen LogP contribution is -2.57. The first-order valence-electron chi connectivity index (χ1n) is 7.17. The second-order valence-electron chi connectivity index (χ2n) is 5.64. The van der Waals surface area contributed by atoms with Gasteiger partial charge >= 0.3 is 0 Å². The minimum atomic E-state index is -0.350. The number of hydrogen-bond donors (Lipinski definition) is 2. The predicted octanol–water partition coefficient (Wildman–Crippen LogP) is 1.55. The number of nitrogens with zero attached hydrogens (tertiary/aromatic N) is 1. The van der Waals surface area contributed by atoms with E-state index in [-0.39, 0.29) is 24.4 Å². The maximum absolute atomic E-state index is 11.9. The third kappa shape index (κ3) is 3.27. The highest BCUT2D eigenvalue weighted by Crippen LogP contribution is 2.29. The van der Waals surface area contributed by atoms with Crippen molar-refractivity contribution in [3.63, 3.8) is 0 Å². The van der Waals surface area contributed by atoms with Gasteiger partial charge in [0.25, 0.3) is 0 Å². The molecule has 1 unspecified atom stereocenters. The van der Waals surface area contributed by atoms with Crippen molar-refractivity contribution in [2.45, 2.75) is 38.4 Å². The number of halogens is 1. The van der Waals surface area contributed by atoms with E-state index in [0.717, 1.165) is 22.3 Å². The topological polar surface area (TPSA) is 61.4 Å². The summed E-state index contributed by atoms with van der Waals surface area (Å²) in [5.41, 5.74) is 2.05. The number of piperazine rings is 1. The van der Waals surface area contributed by atoms with Gasteiger partial charge in [0.05, 0.1) is 6.54 Å². The van der Waals surface area contributed by atoms with Crippen LogP contribution in [0.4, 0.5) is 5.69 Å². The Hall–Kier alpha value is -1.40. The van der Waals surface area contributed by atoms with Gasteiger partial charge in [-0.25, -0.2) is 0 Å². The second-order valence-corrected chi connectivity index (χ2v) is 6.56. The summed E-state index contributed by atoms with van der Waals surface area (Å²) < 4.78 is 0.943. The first-order chi connectivity index (χ1) is 10.0. The molecule has 0 radical (unpaired) electrons. The first-order valence-corrected chi connectivity index (χ1v) is 7.96. The number of amides is 2. The molecule has 1 saturated heterocycles. The number of anilines is 1. The van der Waals surface area contributed by atoms with Crippen LogP contribution >= 0.6 is 15.9 Å². The highest BCUT2D eigenvalue weighted by Gasteiger charge is 2.31. The van der Waals surface area contributed by atoms with Crippen molar-refractivity contribution in [3.8, 4) is 0 Å². The zero-order valence-electron chi connectivity index (χ0n) is 11.9. The van der Waals surface area contributed by atoms with Gasteiger partial charge in [-0.15, -0.1) is 0 Å². The van der Waals surface area contributed by atoms with Gasteiger partial charge in [-0.3, -0.25) is 14.9 Å². The maximum Gasteiger partial charge on any atom is 0.249 e. The first kappa shape index (κ1) is 14.5. The molecule has 6 heteroatoms. The SMILES string of the molecule is CC1C(=O)NC(=O)CN1c1cc(Br)ccc1CNC1CC1. The molecule has 2 amide bonds. The van der Waals surface area contributed by atoms with Crippen LogP contribution in [-0.2, 0) is 16.1 Å². The molecule has 2 aliphatic rings. The molecule has 1 aromatic carbocycles. The summed E-state index contributed by atoms with van der Waals surface area (Å²) in [6, 6.07) is 6.27. The van der Waals surface area contributed by atoms with Gasteiger partial charge in [0, 0.05) is 22.7 Å². The summed E-state index contributed by atoms with van der Waals surface area (Å²) >= 11 is 3.47. The summed E-state index contributed by atoms with van der Waals surface area (Å²) in [6.45, 7) is 2.78. The Morgan fingerprint density at radius 1 is 1.38 bits per heavy atom. The Balaban J connectivity index is 1.88. The van der Waals surface area contributed by atoms with E-state index < -0.39 is 0 Å². The van der Waals surface area contributed by atoms with Crippen molar-refractivity contribution in [2.24, 2.45) is 0 Å². The van der Waals surface area contributed by atoms with Gasteiger partial charge in [0.2, 0.25) is 11.8 Å². The lowest BCUT2D eigenvalue weighted by Gasteiger charge is -2.35. The summed E-state index contributed by atoms with van der Waals surface area (Å²) in [6.07, 6.45) is 2.46. The molecular weight excluding hydrogens is 334 g/mol. The number of nitrogens with one attached hydrogen (secondary N) is 2. The molecule has 0 bridgehead atoms. The molecule has 21 heavy (non-hydrogen) atoms. The standard InChI is InChI=1S/C15H18BrN3O2/c1-9-15(21)18-14(20)8-19(9)13-6-11(16)3-2-10(13)7-17-12-4-5-12/h2-3,6,9,12,17H,4-5,7-8H2,1H3,(H,18,20,21). The van der Waals surface area contributed by atoms with Crippen LogP contribution in [-0.4, -0.2) is 30.4 Å². The summed E-state index contributed by atoms with van der Waals surface area (Å²) in [5, 5.41) is 5.86. The average molecular weight is 352 g/mol. The molecule has 0 aromatic heterocycles. The van der Waals surface area contributed by atoms with Crippen LogP contribution < -0.4 is 15.5 Å². The number of imide groups is 1. The Labute approximate surface area is 132 Å². The van der Waals surface area contributed by atoms with E-state index in [1.807, 2.05) is 30.0 Å². The van der Waals surface area contributed by atoms with E-state index in [4.69, 9.17) is 0 Å². The van der Waals surface area contributed by atoms with Crippen LogP contribution in [0.3, 0.4) is 0 Å².